The van der Waals surface area contributed by atoms with Gasteiger partial charge in [0.05, 0.1) is 0 Å². The van der Waals surface area contributed by atoms with Crippen LogP contribution in [0.25, 0.3) is 0 Å². The van der Waals surface area contributed by atoms with Gasteiger partial charge < -0.3 is 14.5 Å². The molecule has 0 radical (unpaired) electrons. The first-order valence-electron chi connectivity index (χ1n) is 8.03. The summed E-state index contributed by atoms with van der Waals surface area (Å²) >= 11 is 18.2. The Labute approximate surface area is 167 Å². The van der Waals surface area contributed by atoms with Crippen LogP contribution in [0.3, 0.4) is 0 Å². The molecule has 1 saturated heterocycles. The first-order valence-corrected chi connectivity index (χ1v) is 9.16. The predicted octanol–water partition coefficient (Wildman–Crippen LogP) is 2.82. The van der Waals surface area contributed by atoms with Crippen molar-refractivity contribution in [2.24, 2.45) is 0 Å². The van der Waals surface area contributed by atoms with Gasteiger partial charge in [0.25, 0.3) is 0 Å². The van der Waals surface area contributed by atoms with Crippen LogP contribution in [0.15, 0.2) is 24.3 Å². The fourth-order valence-corrected chi connectivity index (χ4v) is 4.09. The second-order valence-electron chi connectivity index (χ2n) is 6.38. The number of anilines is 1. The van der Waals surface area contributed by atoms with E-state index in [1.165, 1.54) is 4.90 Å². The van der Waals surface area contributed by atoms with Crippen LogP contribution in [0.5, 0.6) is 5.75 Å². The lowest BCUT2D eigenvalue weighted by Gasteiger charge is -2.26. The fourth-order valence-electron chi connectivity index (χ4n) is 3.06. The number of nitrogens with zero attached hydrogens (tertiary/aromatic N) is 2. The maximum atomic E-state index is 12.8. The zero-order chi connectivity index (χ0) is 19.1. The number of hydrogen-bond donors (Lipinski definition) is 0. The molecule has 1 aliphatic carbocycles. The molecule has 0 N–H and O–H groups in total. The molecule has 1 aliphatic heterocycles. The van der Waals surface area contributed by atoms with E-state index in [1.54, 1.807) is 36.2 Å². The van der Waals surface area contributed by atoms with Crippen LogP contribution in [0, 0.1) is 12.3 Å². The van der Waals surface area contributed by atoms with E-state index in [0.29, 0.717) is 24.4 Å². The van der Waals surface area contributed by atoms with E-state index in [0.717, 1.165) is 0 Å². The van der Waals surface area contributed by atoms with E-state index in [1.807, 2.05) is 0 Å². The Kier molecular flexibility index (Phi) is 5.04. The molecule has 8 heteroatoms. The van der Waals surface area contributed by atoms with Crippen LogP contribution in [0.1, 0.15) is 12.8 Å². The minimum Gasteiger partial charge on any atom is -0.481 e. The molecule has 3 rings (SSSR count). The number of carbonyl (C=O) groups is 2. The molecule has 1 aromatic carbocycles. The van der Waals surface area contributed by atoms with Gasteiger partial charge in [0.1, 0.15) is 22.7 Å². The van der Waals surface area contributed by atoms with Crippen LogP contribution in [0.2, 0.25) is 0 Å². The van der Waals surface area contributed by atoms with Gasteiger partial charge in [0.15, 0.2) is 4.87 Å². The lowest BCUT2D eigenvalue weighted by Crippen LogP contribution is -2.47. The molecule has 138 valence electrons. The van der Waals surface area contributed by atoms with Gasteiger partial charge in [-0.25, -0.2) is 0 Å². The largest absolute Gasteiger partial charge is 0.481 e. The van der Waals surface area contributed by atoms with Gasteiger partial charge in [-0.05, 0) is 18.6 Å². The molecule has 2 unspecified atom stereocenters. The van der Waals surface area contributed by atoms with Crippen LogP contribution < -0.4 is 9.64 Å². The van der Waals surface area contributed by atoms with E-state index in [2.05, 4.69) is 5.92 Å². The summed E-state index contributed by atoms with van der Waals surface area (Å²) in [6, 6.07) is 6.48. The second kappa shape index (κ2) is 6.84. The number of carbonyl (C=O) groups excluding carboxylic acids is 2. The van der Waals surface area contributed by atoms with E-state index >= 15 is 0 Å². The average molecular weight is 416 g/mol. The summed E-state index contributed by atoms with van der Waals surface area (Å²) in [5.74, 6) is 2.35. The molecule has 26 heavy (non-hydrogen) atoms. The molecular formula is C18H17Cl3N2O3. The summed E-state index contributed by atoms with van der Waals surface area (Å²) in [6.45, 7) is 0.621. The molecule has 2 aliphatic rings. The van der Waals surface area contributed by atoms with Gasteiger partial charge in [-0.1, -0.05) is 35.2 Å². The van der Waals surface area contributed by atoms with E-state index in [-0.39, 0.29) is 18.9 Å². The quantitative estimate of drug-likeness (QED) is 0.549. The molecule has 2 amide bonds. The smallest absolute Gasteiger partial charge is 0.249 e. The van der Waals surface area contributed by atoms with Crippen molar-refractivity contribution in [1.29, 1.82) is 0 Å². The third kappa shape index (κ3) is 3.22. The van der Waals surface area contributed by atoms with Gasteiger partial charge in [-0.2, -0.15) is 0 Å². The van der Waals surface area contributed by atoms with Gasteiger partial charge in [-0.15, -0.1) is 18.0 Å². The molecule has 1 heterocycles. The maximum absolute atomic E-state index is 12.8. The first-order chi connectivity index (χ1) is 12.2. The lowest BCUT2D eigenvalue weighted by atomic mass is 10.2. The van der Waals surface area contributed by atoms with Gasteiger partial charge in [-0.3, -0.25) is 9.59 Å². The number of terminal acetylenes is 1. The molecule has 0 aromatic heterocycles. The summed E-state index contributed by atoms with van der Waals surface area (Å²) in [7, 11) is 1.55. The number of likely N-dealkylation sites (N-methyl/N-ethyl adjacent to an activating group) is 1. The highest BCUT2D eigenvalue weighted by Crippen LogP contribution is 2.62. The highest BCUT2D eigenvalue weighted by atomic mass is 35.5. The van der Waals surface area contributed by atoms with Crippen molar-refractivity contribution in [1.82, 2.24) is 4.90 Å². The standard InChI is InChI=1S/C18H17Cl3N2O3/c1-3-9-26-13-6-4-5-12(10-13)23-8-7-14(15(23)24)22(2)16(25)17(19)11-18(17,20)21/h1,4-6,10,14H,7-9,11H2,2H3. The average Bonchev–Trinajstić information content (AvgIpc) is 2.93. The van der Waals surface area contributed by atoms with Crippen LogP contribution in [-0.2, 0) is 9.59 Å². The fraction of sp³-hybridized carbons (Fsp3) is 0.444. The molecule has 2 fully saturated rings. The van der Waals surface area contributed by atoms with Crippen LogP contribution in [-0.4, -0.2) is 52.2 Å². The van der Waals surface area contributed by atoms with Gasteiger partial charge in [0.2, 0.25) is 11.8 Å². The minimum absolute atomic E-state index is 0.146. The van der Waals surface area contributed by atoms with E-state index in [4.69, 9.17) is 46.0 Å². The summed E-state index contributed by atoms with van der Waals surface area (Å²) in [5.41, 5.74) is 0.684. The SMILES string of the molecule is C#CCOc1cccc(N2CCC(N(C)C(=O)C3(Cl)CC3(Cl)Cl)C2=O)c1. The molecule has 1 aromatic rings. The molecule has 1 saturated carbocycles. The number of hydrogen-bond acceptors (Lipinski definition) is 3. The van der Waals surface area contributed by atoms with Crippen molar-refractivity contribution in [3.63, 3.8) is 0 Å². The van der Waals surface area contributed by atoms with Crippen LogP contribution in [0.4, 0.5) is 5.69 Å². The van der Waals surface area contributed by atoms with E-state index < -0.39 is 21.2 Å². The Morgan fingerprint density at radius 3 is 2.77 bits per heavy atom. The summed E-state index contributed by atoms with van der Waals surface area (Å²) in [4.78, 5) is 27.0. The Hall–Kier alpha value is -1.61. The predicted molar refractivity (Wildman–Crippen MR) is 102 cm³/mol. The maximum Gasteiger partial charge on any atom is 0.249 e. The first kappa shape index (κ1) is 19.2. The summed E-state index contributed by atoms with van der Waals surface area (Å²) in [5, 5.41) is 0. The molecule has 5 nitrogen and oxygen atoms in total. The Morgan fingerprint density at radius 2 is 2.15 bits per heavy atom. The monoisotopic (exact) mass is 414 g/mol. The molecule has 2 atom stereocenters. The van der Waals surface area contributed by atoms with Crippen molar-refractivity contribution >= 4 is 52.3 Å². The number of amides is 2. The normalized spacial score (nSPS) is 26.3. The highest BCUT2D eigenvalue weighted by Gasteiger charge is 2.72. The number of alkyl halides is 3. The van der Waals surface area contributed by atoms with Crippen molar-refractivity contribution < 1.29 is 14.3 Å². The van der Waals surface area contributed by atoms with Crippen molar-refractivity contribution in [2.75, 3.05) is 25.1 Å². The Morgan fingerprint density at radius 1 is 1.46 bits per heavy atom. The summed E-state index contributed by atoms with van der Waals surface area (Å²) in [6.07, 6.45) is 5.84. The van der Waals surface area contributed by atoms with Crippen molar-refractivity contribution in [2.45, 2.75) is 28.1 Å². The minimum atomic E-state index is -1.36. The topological polar surface area (TPSA) is 49.9 Å². The number of rotatable bonds is 5. The van der Waals surface area contributed by atoms with Gasteiger partial charge in [0, 0.05) is 31.8 Å². The zero-order valence-electron chi connectivity index (χ0n) is 14.0. The lowest BCUT2D eigenvalue weighted by molar-refractivity contribution is -0.137. The highest BCUT2D eigenvalue weighted by molar-refractivity contribution is 6.62. The molecule has 0 bridgehead atoms. The Bertz CT molecular complexity index is 792. The number of benzene rings is 1. The van der Waals surface area contributed by atoms with Crippen LogP contribution >= 0.6 is 34.8 Å². The van der Waals surface area contributed by atoms with Crippen molar-refractivity contribution in [3.05, 3.63) is 24.3 Å². The third-order valence-corrected chi connectivity index (χ3v) is 6.40. The van der Waals surface area contributed by atoms with Crippen molar-refractivity contribution in [3.8, 4) is 18.1 Å². The molecule has 0 spiro atoms. The number of ether oxygens (including phenoxy) is 1. The third-order valence-electron chi connectivity index (χ3n) is 4.68. The number of halogens is 3. The second-order valence-corrected chi connectivity index (χ2v) is 8.51. The summed E-state index contributed by atoms with van der Waals surface area (Å²) < 4.78 is 4.11. The molecular weight excluding hydrogens is 399 g/mol. The Balaban J connectivity index is 1.72. The van der Waals surface area contributed by atoms with E-state index in [9.17, 15) is 9.59 Å². The van der Waals surface area contributed by atoms with Gasteiger partial charge >= 0.3 is 0 Å². The zero-order valence-corrected chi connectivity index (χ0v) is 16.3.